The molecule has 5 heteroatoms. The van der Waals surface area contributed by atoms with Crippen LogP contribution >= 0.6 is 23.2 Å². The van der Waals surface area contributed by atoms with Gasteiger partial charge >= 0.3 is 0 Å². The van der Waals surface area contributed by atoms with E-state index in [4.69, 9.17) is 27.9 Å². The molecule has 0 spiro atoms. The number of halogens is 2. The smallest absolute Gasteiger partial charge is 0.0886 e. The molecule has 0 bridgehead atoms. The van der Waals surface area contributed by atoms with Gasteiger partial charge in [0.05, 0.1) is 29.4 Å². The average Bonchev–Trinajstić information content (AvgIpc) is 2.60. The monoisotopic (exact) mass is 289 g/mol. The Morgan fingerprint density at radius 2 is 2.22 bits per heavy atom. The molecule has 1 saturated heterocycles. The van der Waals surface area contributed by atoms with Crippen molar-refractivity contribution in [1.82, 2.24) is 5.32 Å². The third-order valence-corrected chi connectivity index (χ3v) is 4.16. The van der Waals surface area contributed by atoms with Crippen LogP contribution in [0.25, 0.3) is 0 Å². The summed E-state index contributed by atoms with van der Waals surface area (Å²) in [5.41, 5.74) is 2.00. The SMILES string of the molecule is Cc1cc([C@@H]2CNCCO[C@@H]2CO)cc(Cl)c1Cl. The highest BCUT2D eigenvalue weighted by molar-refractivity contribution is 6.42. The van der Waals surface area contributed by atoms with Crippen LogP contribution in [0.4, 0.5) is 0 Å². The zero-order valence-corrected chi connectivity index (χ0v) is 11.8. The van der Waals surface area contributed by atoms with Gasteiger partial charge in [-0.3, -0.25) is 0 Å². The minimum Gasteiger partial charge on any atom is -0.394 e. The molecule has 1 fully saturated rings. The molecule has 1 aliphatic rings. The fraction of sp³-hybridized carbons (Fsp3) is 0.538. The zero-order chi connectivity index (χ0) is 13.1. The maximum atomic E-state index is 9.43. The number of benzene rings is 1. The minimum absolute atomic E-state index is 0.00560. The van der Waals surface area contributed by atoms with Crippen LogP contribution in [0, 0.1) is 6.92 Å². The lowest BCUT2D eigenvalue weighted by Crippen LogP contribution is -2.29. The molecule has 1 heterocycles. The number of aliphatic hydroxyl groups excluding tert-OH is 1. The molecule has 3 nitrogen and oxygen atoms in total. The van der Waals surface area contributed by atoms with E-state index in [1.54, 1.807) is 0 Å². The van der Waals surface area contributed by atoms with E-state index in [2.05, 4.69) is 5.32 Å². The summed E-state index contributed by atoms with van der Waals surface area (Å²) in [6, 6.07) is 3.87. The van der Waals surface area contributed by atoms with Crippen molar-refractivity contribution in [2.75, 3.05) is 26.3 Å². The van der Waals surface area contributed by atoms with Crippen molar-refractivity contribution in [2.45, 2.75) is 18.9 Å². The largest absolute Gasteiger partial charge is 0.394 e. The molecule has 0 amide bonds. The summed E-state index contributed by atoms with van der Waals surface area (Å²) in [5, 5.41) is 13.9. The van der Waals surface area contributed by atoms with Gasteiger partial charge in [-0.05, 0) is 24.1 Å². The highest BCUT2D eigenvalue weighted by atomic mass is 35.5. The van der Waals surface area contributed by atoms with Crippen LogP contribution in [0.5, 0.6) is 0 Å². The van der Waals surface area contributed by atoms with Crippen molar-refractivity contribution in [1.29, 1.82) is 0 Å². The average molecular weight is 290 g/mol. The lowest BCUT2D eigenvalue weighted by Gasteiger charge is -2.24. The molecule has 0 aliphatic carbocycles. The molecule has 0 saturated carbocycles. The molecule has 2 atom stereocenters. The molecule has 2 N–H and O–H groups in total. The number of ether oxygens (including phenoxy) is 1. The number of hydrogen-bond acceptors (Lipinski definition) is 3. The molecular weight excluding hydrogens is 273 g/mol. The van der Waals surface area contributed by atoms with Crippen molar-refractivity contribution in [3.05, 3.63) is 33.3 Å². The summed E-state index contributed by atoms with van der Waals surface area (Å²) in [6.07, 6.45) is -0.198. The van der Waals surface area contributed by atoms with E-state index >= 15 is 0 Å². The fourth-order valence-electron chi connectivity index (χ4n) is 2.27. The van der Waals surface area contributed by atoms with Gasteiger partial charge in [-0.25, -0.2) is 0 Å². The molecule has 100 valence electrons. The first-order valence-corrected chi connectivity index (χ1v) is 6.77. The first-order chi connectivity index (χ1) is 8.63. The van der Waals surface area contributed by atoms with Crippen LogP contribution in [0.15, 0.2) is 12.1 Å². The third-order valence-electron chi connectivity index (χ3n) is 3.26. The van der Waals surface area contributed by atoms with Gasteiger partial charge in [0, 0.05) is 19.0 Å². The summed E-state index contributed by atoms with van der Waals surface area (Å²) in [7, 11) is 0. The highest BCUT2D eigenvalue weighted by Gasteiger charge is 2.26. The molecule has 1 aromatic carbocycles. The van der Waals surface area contributed by atoms with Crippen LogP contribution in [-0.2, 0) is 4.74 Å². The molecule has 1 aromatic rings. The topological polar surface area (TPSA) is 41.5 Å². The Hall–Kier alpha value is -0.320. The summed E-state index contributed by atoms with van der Waals surface area (Å²) >= 11 is 12.2. The Labute approximate surface area is 117 Å². The fourth-order valence-corrected chi connectivity index (χ4v) is 2.65. The van der Waals surface area contributed by atoms with E-state index in [0.717, 1.165) is 24.2 Å². The van der Waals surface area contributed by atoms with Gasteiger partial charge in [0.1, 0.15) is 0 Å². The molecule has 0 aromatic heterocycles. The summed E-state index contributed by atoms with van der Waals surface area (Å²) in [5.74, 6) is 0.0889. The van der Waals surface area contributed by atoms with E-state index in [9.17, 15) is 5.11 Å². The number of rotatable bonds is 2. The van der Waals surface area contributed by atoms with Crippen molar-refractivity contribution in [3.63, 3.8) is 0 Å². The molecule has 0 radical (unpaired) electrons. The van der Waals surface area contributed by atoms with Crippen molar-refractivity contribution < 1.29 is 9.84 Å². The van der Waals surface area contributed by atoms with Gasteiger partial charge in [0.15, 0.2) is 0 Å². The van der Waals surface area contributed by atoms with Crippen molar-refractivity contribution in [3.8, 4) is 0 Å². The quantitative estimate of drug-likeness (QED) is 0.878. The predicted molar refractivity (Wildman–Crippen MR) is 73.6 cm³/mol. The third kappa shape index (κ3) is 2.98. The van der Waals surface area contributed by atoms with Gasteiger partial charge in [0.25, 0.3) is 0 Å². The maximum Gasteiger partial charge on any atom is 0.0886 e. The van der Waals surface area contributed by atoms with Crippen molar-refractivity contribution >= 4 is 23.2 Å². The Kier molecular flexibility index (Phi) is 4.87. The number of aryl methyl sites for hydroxylation is 1. The number of aliphatic hydroxyl groups is 1. The van der Waals surface area contributed by atoms with Gasteiger partial charge < -0.3 is 15.2 Å². The Morgan fingerprint density at radius 1 is 1.44 bits per heavy atom. The first kappa shape index (κ1) is 14.1. The van der Waals surface area contributed by atoms with Gasteiger partial charge in [0.2, 0.25) is 0 Å². The van der Waals surface area contributed by atoms with E-state index in [1.807, 2.05) is 19.1 Å². The van der Waals surface area contributed by atoms with Crippen LogP contribution in [0.3, 0.4) is 0 Å². The molecular formula is C13H17Cl2NO2. The zero-order valence-electron chi connectivity index (χ0n) is 10.2. The molecule has 2 rings (SSSR count). The molecule has 1 aliphatic heterocycles. The lowest BCUT2D eigenvalue weighted by molar-refractivity contribution is 0.0108. The van der Waals surface area contributed by atoms with Crippen LogP contribution in [0.2, 0.25) is 10.0 Å². The van der Waals surface area contributed by atoms with Crippen LogP contribution < -0.4 is 5.32 Å². The second kappa shape index (κ2) is 6.22. The van der Waals surface area contributed by atoms with E-state index in [0.29, 0.717) is 16.7 Å². The van der Waals surface area contributed by atoms with E-state index in [1.165, 1.54) is 0 Å². The predicted octanol–water partition coefficient (Wildman–Crippen LogP) is 2.37. The summed E-state index contributed by atoms with van der Waals surface area (Å²) in [6.45, 7) is 4.11. The van der Waals surface area contributed by atoms with Gasteiger partial charge in [-0.1, -0.05) is 29.3 Å². The van der Waals surface area contributed by atoms with Crippen molar-refractivity contribution in [2.24, 2.45) is 0 Å². The van der Waals surface area contributed by atoms with E-state index in [-0.39, 0.29) is 18.6 Å². The summed E-state index contributed by atoms with van der Waals surface area (Å²) < 4.78 is 5.64. The molecule has 0 unspecified atom stereocenters. The van der Waals surface area contributed by atoms with Gasteiger partial charge in [-0.2, -0.15) is 0 Å². The molecule has 18 heavy (non-hydrogen) atoms. The van der Waals surface area contributed by atoms with Gasteiger partial charge in [-0.15, -0.1) is 0 Å². The Bertz CT molecular complexity index is 402. The Balaban J connectivity index is 2.32. The standard InChI is InChI=1S/C13H17Cl2NO2/c1-8-4-9(5-11(14)13(8)15)10-6-16-2-3-18-12(10)7-17/h4-5,10,12,16-17H,2-3,6-7H2,1H3/t10-,12+/m0/s1. The maximum absolute atomic E-state index is 9.43. The second-order valence-electron chi connectivity index (χ2n) is 4.54. The number of nitrogens with one attached hydrogen (secondary N) is 1. The number of hydrogen-bond donors (Lipinski definition) is 2. The van der Waals surface area contributed by atoms with E-state index < -0.39 is 0 Å². The van der Waals surface area contributed by atoms with Crippen LogP contribution in [0.1, 0.15) is 17.0 Å². The second-order valence-corrected chi connectivity index (χ2v) is 5.32. The highest BCUT2D eigenvalue weighted by Crippen LogP contribution is 2.32. The lowest BCUT2D eigenvalue weighted by atomic mass is 9.92. The first-order valence-electron chi connectivity index (χ1n) is 6.02. The minimum atomic E-state index is -0.198. The summed E-state index contributed by atoms with van der Waals surface area (Å²) in [4.78, 5) is 0. The Morgan fingerprint density at radius 3 is 2.89 bits per heavy atom. The normalized spacial score (nSPS) is 24.9. The van der Waals surface area contributed by atoms with Crippen LogP contribution in [-0.4, -0.2) is 37.5 Å².